The van der Waals surface area contributed by atoms with Crippen LogP contribution in [-0.2, 0) is 4.74 Å². The van der Waals surface area contributed by atoms with Gasteiger partial charge in [0.1, 0.15) is 0 Å². The van der Waals surface area contributed by atoms with Gasteiger partial charge in [-0.15, -0.1) is 11.7 Å². The fourth-order valence-corrected chi connectivity index (χ4v) is 1.70. The van der Waals surface area contributed by atoms with Crippen molar-refractivity contribution in [1.29, 1.82) is 0 Å². The molecule has 1 aliphatic heterocycles. The second-order valence-electron chi connectivity index (χ2n) is 3.84. The Kier molecular flexibility index (Phi) is 3.93. The highest BCUT2D eigenvalue weighted by Crippen LogP contribution is 2.26. The molecule has 0 aliphatic carbocycles. The zero-order valence-electron chi connectivity index (χ0n) is 9.32. The Morgan fingerprint density at radius 2 is 2.19 bits per heavy atom. The molecule has 0 radical (unpaired) electrons. The minimum absolute atomic E-state index is 0.358. The average Bonchev–Trinajstić information content (AvgIpc) is 2.79. The van der Waals surface area contributed by atoms with Crippen molar-refractivity contribution in [3.05, 3.63) is 18.5 Å². The second-order valence-corrected chi connectivity index (χ2v) is 3.84. The fourth-order valence-electron chi connectivity index (χ4n) is 1.70. The number of hydrogen-bond donors (Lipinski definition) is 1. The lowest BCUT2D eigenvalue weighted by Crippen LogP contribution is -2.14. The third-order valence-corrected chi connectivity index (χ3v) is 2.64. The number of anilines is 1. The first kappa shape index (κ1) is 11.1. The first-order valence-corrected chi connectivity index (χ1v) is 5.66. The van der Waals surface area contributed by atoms with Crippen molar-refractivity contribution < 1.29 is 9.15 Å². The Morgan fingerprint density at radius 3 is 2.94 bits per heavy atom. The van der Waals surface area contributed by atoms with Gasteiger partial charge in [-0.05, 0) is 19.3 Å². The Labute approximate surface area is 94.9 Å². The van der Waals surface area contributed by atoms with Crippen molar-refractivity contribution >= 4 is 6.01 Å². The van der Waals surface area contributed by atoms with Crippen LogP contribution in [0.25, 0.3) is 0 Å². The summed E-state index contributed by atoms with van der Waals surface area (Å²) < 4.78 is 10.8. The van der Waals surface area contributed by atoms with Crippen molar-refractivity contribution in [2.45, 2.75) is 25.2 Å². The standard InChI is InChI=1S/C11H17N3O2/c1-2-3-6-12-11-14-13-10(16-11)9-4-7-15-8-5-9/h2,9H,1,3-8H2,(H,12,14). The summed E-state index contributed by atoms with van der Waals surface area (Å²) in [5.41, 5.74) is 0. The van der Waals surface area contributed by atoms with Crippen LogP contribution in [0.3, 0.4) is 0 Å². The number of ether oxygens (including phenoxy) is 1. The van der Waals surface area contributed by atoms with Crippen LogP contribution >= 0.6 is 0 Å². The van der Waals surface area contributed by atoms with Crippen LogP contribution in [0, 0.1) is 0 Å². The molecule has 16 heavy (non-hydrogen) atoms. The van der Waals surface area contributed by atoms with Crippen LogP contribution < -0.4 is 5.32 Å². The quantitative estimate of drug-likeness (QED) is 0.610. The maximum absolute atomic E-state index is 5.55. The van der Waals surface area contributed by atoms with Gasteiger partial charge in [-0.3, -0.25) is 0 Å². The number of nitrogens with one attached hydrogen (secondary N) is 1. The SMILES string of the molecule is C=CCCNc1nnc(C2CCOCC2)o1. The summed E-state index contributed by atoms with van der Waals surface area (Å²) in [6.07, 6.45) is 4.67. The van der Waals surface area contributed by atoms with Crippen LogP contribution in [0.1, 0.15) is 31.1 Å². The van der Waals surface area contributed by atoms with Gasteiger partial charge >= 0.3 is 6.01 Å². The Bertz CT molecular complexity index is 332. The highest BCUT2D eigenvalue weighted by Gasteiger charge is 2.21. The van der Waals surface area contributed by atoms with E-state index in [9.17, 15) is 0 Å². The molecule has 0 bridgehead atoms. The monoisotopic (exact) mass is 223 g/mol. The van der Waals surface area contributed by atoms with Gasteiger partial charge in [0.05, 0.1) is 0 Å². The fraction of sp³-hybridized carbons (Fsp3) is 0.636. The Balaban J connectivity index is 1.88. The molecule has 0 saturated carbocycles. The highest BCUT2D eigenvalue weighted by atomic mass is 16.5. The molecule has 0 spiro atoms. The van der Waals surface area contributed by atoms with Crippen LogP contribution in [0.4, 0.5) is 6.01 Å². The Morgan fingerprint density at radius 1 is 1.38 bits per heavy atom. The molecule has 5 heteroatoms. The molecule has 1 aliphatic rings. The third kappa shape index (κ3) is 2.82. The predicted octanol–water partition coefficient (Wildman–Crippen LogP) is 1.95. The molecule has 5 nitrogen and oxygen atoms in total. The number of aromatic nitrogens is 2. The van der Waals surface area contributed by atoms with E-state index in [1.165, 1.54) is 0 Å². The van der Waals surface area contributed by atoms with Gasteiger partial charge in [0.25, 0.3) is 0 Å². The average molecular weight is 223 g/mol. The van der Waals surface area contributed by atoms with E-state index in [1.807, 2.05) is 6.08 Å². The largest absolute Gasteiger partial charge is 0.408 e. The van der Waals surface area contributed by atoms with Crippen LogP contribution in [0.5, 0.6) is 0 Å². The molecule has 0 amide bonds. The number of rotatable bonds is 5. The van der Waals surface area contributed by atoms with Gasteiger partial charge in [-0.1, -0.05) is 11.2 Å². The van der Waals surface area contributed by atoms with E-state index >= 15 is 0 Å². The molecule has 1 saturated heterocycles. The zero-order chi connectivity index (χ0) is 11.2. The van der Waals surface area contributed by atoms with E-state index in [-0.39, 0.29) is 0 Å². The van der Waals surface area contributed by atoms with Crippen LogP contribution in [0.15, 0.2) is 17.1 Å². The van der Waals surface area contributed by atoms with Crippen molar-refractivity contribution in [2.24, 2.45) is 0 Å². The summed E-state index contributed by atoms with van der Waals surface area (Å²) in [6, 6.07) is 0.503. The van der Waals surface area contributed by atoms with Crippen molar-refractivity contribution in [3.8, 4) is 0 Å². The summed E-state index contributed by atoms with van der Waals surface area (Å²) in [5, 5.41) is 11.1. The van der Waals surface area contributed by atoms with E-state index in [0.29, 0.717) is 11.9 Å². The first-order valence-electron chi connectivity index (χ1n) is 5.66. The van der Waals surface area contributed by atoms with Gasteiger partial charge in [0.15, 0.2) is 0 Å². The smallest absolute Gasteiger partial charge is 0.315 e. The van der Waals surface area contributed by atoms with Crippen LogP contribution in [0.2, 0.25) is 0 Å². The van der Waals surface area contributed by atoms with Gasteiger partial charge in [-0.2, -0.15) is 0 Å². The molecular weight excluding hydrogens is 206 g/mol. The highest BCUT2D eigenvalue weighted by molar-refractivity contribution is 5.17. The molecular formula is C11H17N3O2. The first-order chi connectivity index (χ1) is 7.90. The molecule has 2 heterocycles. The van der Waals surface area contributed by atoms with Crippen LogP contribution in [-0.4, -0.2) is 30.0 Å². The summed E-state index contributed by atoms with van der Waals surface area (Å²) in [6.45, 7) is 5.99. The van der Waals surface area contributed by atoms with E-state index in [0.717, 1.165) is 44.9 Å². The molecule has 0 atom stereocenters. The lowest BCUT2D eigenvalue weighted by Gasteiger charge is -2.18. The van der Waals surface area contributed by atoms with Crippen molar-refractivity contribution in [2.75, 3.05) is 25.1 Å². The molecule has 88 valence electrons. The minimum Gasteiger partial charge on any atom is -0.408 e. The molecule has 0 aromatic carbocycles. The molecule has 1 aromatic heterocycles. The van der Waals surface area contributed by atoms with E-state index in [1.54, 1.807) is 0 Å². The van der Waals surface area contributed by atoms with E-state index in [4.69, 9.17) is 9.15 Å². The second kappa shape index (κ2) is 5.65. The lowest BCUT2D eigenvalue weighted by molar-refractivity contribution is 0.0796. The van der Waals surface area contributed by atoms with Gasteiger partial charge < -0.3 is 14.5 Å². The van der Waals surface area contributed by atoms with Gasteiger partial charge in [-0.25, -0.2) is 0 Å². The summed E-state index contributed by atoms with van der Waals surface area (Å²) in [5.74, 6) is 1.08. The van der Waals surface area contributed by atoms with E-state index in [2.05, 4.69) is 22.1 Å². The van der Waals surface area contributed by atoms with Gasteiger partial charge in [0, 0.05) is 25.7 Å². The summed E-state index contributed by atoms with van der Waals surface area (Å²) >= 11 is 0. The molecule has 0 unspecified atom stereocenters. The number of hydrogen-bond acceptors (Lipinski definition) is 5. The normalized spacial score (nSPS) is 17.2. The lowest BCUT2D eigenvalue weighted by atomic mass is 10.0. The van der Waals surface area contributed by atoms with Crippen molar-refractivity contribution in [1.82, 2.24) is 10.2 Å². The molecule has 1 N–H and O–H groups in total. The molecule has 2 rings (SSSR count). The maximum Gasteiger partial charge on any atom is 0.315 e. The zero-order valence-corrected chi connectivity index (χ0v) is 9.32. The molecule has 1 fully saturated rings. The van der Waals surface area contributed by atoms with E-state index < -0.39 is 0 Å². The topological polar surface area (TPSA) is 60.2 Å². The Hall–Kier alpha value is -1.36. The van der Waals surface area contributed by atoms with Gasteiger partial charge in [0.2, 0.25) is 5.89 Å². The third-order valence-electron chi connectivity index (χ3n) is 2.64. The maximum atomic E-state index is 5.55. The minimum atomic E-state index is 0.358. The number of nitrogens with zero attached hydrogens (tertiary/aromatic N) is 2. The predicted molar refractivity (Wildman–Crippen MR) is 60.4 cm³/mol. The molecule has 1 aromatic rings. The summed E-state index contributed by atoms with van der Waals surface area (Å²) in [4.78, 5) is 0. The summed E-state index contributed by atoms with van der Waals surface area (Å²) in [7, 11) is 0. The van der Waals surface area contributed by atoms with Crippen molar-refractivity contribution in [3.63, 3.8) is 0 Å².